The minimum Gasteiger partial charge on any atom is -0.459 e. The highest BCUT2D eigenvalue weighted by Crippen LogP contribution is 2.26. The summed E-state index contributed by atoms with van der Waals surface area (Å²) in [6.07, 6.45) is 3.88. The summed E-state index contributed by atoms with van der Waals surface area (Å²) in [7, 11) is 1.82. The van der Waals surface area contributed by atoms with Crippen molar-refractivity contribution in [2.45, 2.75) is 89.8 Å². The van der Waals surface area contributed by atoms with Crippen molar-refractivity contribution in [2.75, 3.05) is 12.8 Å². The van der Waals surface area contributed by atoms with Gasteiger partial charge in [0.05, 0.1) is 5.54 Å². The first-order valence-electron chi connectivity index (χ1n) is 11.2. The van der Waals surface area contributed by atoms with Crippen molar-refractivity contribution in [1.82, 2.24) is 10.6 Å². The maximum Gasteiger partial charge on any atom is 0.326 e. The molecule has 0 saturated heterocycles. The Kier molecular flexibility index (Phi) is 11.7. The van der Waals surface area contributed by atoms with Gasteiger partial charge in [-0.25, -0.2) is 0 Å². The normalized spacial score (nSPS) is 14.7. The molecule has 0 amide bonds. The summed E-state index contributed by atoms with van der Waals surface area (Å²) < 4.78 is 5.68. The average molecular weight is 437 g/mol. The van der Waals surface area contributed by atoms with E-state index in [4.69, 9.17) is 4.74 Å². The summed E-state index contributed by atoms with van der Waals surface area (Å²) in [5.41, 5.74) is -0.583. The number of carbonyl (C=O) groups excluding carboxylic acids is 2. The maximum absolute atomic E-state index is 13.4. The molecule has 30 heavy (non-hydrogen) atoms. The molecule has 0 spiro atoms. The van der Waals surface area contributed by atoms with E-state index in [1.165, 1.54) is 0 Å². The molecule has 1 aromatic carbocycles. The number of thioether (sulfide) groups is 1. The molecule has 170 valence electrons. The van der Waals surface area contributed by atoms with Crippen LogP contribution in [0.4, 0.5) is 0 Å². The van der Waals surface area contributed by atoms with E-state index >= 15 is 0 Å². The van der Waals surface area contributed by atoms with Gasteiger partial charge in [-0.1, -0.05) is 64.4 Å². The van der Waals surface area contributed by atoms with Gasteiger partial charge in [0.2, 0.25) is 0 Å². The van der Waals surface area contributed by atoms with Crippen molar-refractivity contribution in [3.8, 4) is 0 Å². The standard InChI is InChI=1S/C24H40N2O3S/c1-7-11-17-30-21(20(27)23(5,8-2)25-6)26-24(9-3,10-4)22(28)29-18-19-15-13-12-14-16-19/h12-16,21,25-26H,7-11,17-18H2,1-6H3. The van der Waals surface area contributed by atoms with Crippen LogP contribution in [-0.4, -0.2) is 41.0 Å². The van der Waals surface area contributed by atoms with Crippen molar-refractivity contribution >= 4 is 23.5 Å². The zero-order valence-electron chi connectivity index (χ0n) is 19.5. The molecule has 2 unspecified atom stereocenters. The van der Waals surface area contributed by atoms with Crippen LogP contribution in [0.15, 0.2) is 30.3 Å². The third-order valence-electron chi connectivity index (χ3n) is 6.04. The Morgan fingerprint density at radius 2 is 1.70 bits per heavy atom. The number of rotatable bonds is 15. The Morgan fingerprint density at radius 3 is 2.20 bits per heavy atom. The molecule has 2 atom stereocenters. The lowest BCUT2D eigenvalue weighted by molar-refractivity contribution is -0.154. The molecule has 0 aromatic heterocycles. The van der Waals surface area contributed by atoms with Crippen LogP contribution in [0.25, 0.3) is 0 Å². The second-order valence-corrected chi connectivity index (χ2v) is 9.11. The van der Waals surface area contributed by atoms with Crippen molar-refractivity contribution in [2.24, 2.45) is 0 Å². The third kappa shape index (κ3) is 7.10. The summed E-state index contributed by atoms with van der Waals surface area (Å²) in [6, 6.07) is 9.67. The monoisotopic (exact) mass is 436 g/mol. The van der Waals surface area contributed by atoms with Gasteiger partial charge in [-0.15, -0.1) is 11.8 Å². The van der Waals surface area contributed by atoms with Crippen molar-refractivity contribution in [1.29, 1.82) is 0 Å². The molecule has 1 aromatic rings. The number of nitrogens with one attached hydrogen (secondary N) is 2. The van der Waals surface area contributed by atoms with Crippen LogP contribution >= 0.6 is 11.8 Å². The molecule has 0 aliphatic heterocycles. The lowest BCUT2D eigenvalue weighted by Gasteiger charge is -2.37. The zero-order chi connectivity index (χ0) is 22.6. The number of ether oxygens (including phenoxy) is 1. The fourth-order valence-corrected chi connectivity index (χ4v) is 4.62. The third-order valence-corrected chi connectivity index (χ3v) is 7.23. The van der Waals surface area contributed by atoms with Gasteiger partial charge in [0.15, 0.2) is 5.78 Å². The molecular weight excluding hydrogens is 396 g/mol. The summed E-state index contributed by atoms with van der Waals surface area (Å²) in [5, 5.41) is 6.14. The van der Waals surface area contributed by atoms with Crippen LogP contribution in [0.2, 0.25) is 0 Å². The molecular formula is C24H40N2O3S. The highest BCUT2D eigenvalue weighted by Gasteiger charge is 2.43. The van der Waals surface area contributed by atoms with Gasteiger partial charge < -0.3 is 10.1 Å². The van der Waals surface area contributed by atoms with Gasteiger partial charge in [-0.2, -0.15) is 0 Å². The molecule has 0 fully saturated rings. The molecule has 0 bridgehead atoms. The molecule has 5 nitrogen and oxygen atoms in total. The van der Waals surface area contributed by atoms with Gasteiger partial charge in [0.1, 0.15) is 17.5 Å². The summed E-state index contributed by atoms with van der Waals surface area (Å²) in [4.78, 5) is 26.6. The molecule has 0 saturated carbocycles. The van der Waals surface area contributed by atoms with Crippen molar-refractivity contribution in [3.63, 3.8) is 0 Å². The van der Waals surface area contributed by atoms with Gasteiger partial charge in [-0.3, -0.25) is 14.9 Å². The number of benzene rings is 1. The average Bonchev–Trinajstić information content (AvgIpc) is 2.79. The highest BCUT2D eigenvalue weighted by atomic mass is 32.2. The number of ketones is 1. The Hall–Kier alpha value is -1.37. The maximum atomic E-state index is 13.4. The van der Waals surface area contributed by atoms with Crippen LogP contribution in [-0.2, 0) is 20.9 Å². The fraction of sp³-hybridized carbons (Fsp3) is 0.667. The first-order valence-corrected chi connectivity index (χ1v) is 12.2. The number of hydrogen-bond donors (Lipinski definition) is 2. The van der Waals surface area contributed by atoms with Crippen LogP contribution in [0, 0.1) is 0 Å². The molecule has 2 N–H and O–H groups in total. The Labute approximate surface area is 187 Å². The van der Waals surface area contributed by atoms with E-state index in [1.807, 2.05) is 65.1 Å². The topological polar surface area (TPSA) is 67.4 Å². The van der Waals surface area contributed by atoms with E-state index < -0.39 is 16.5 Å². The molecule has 6 heteroatoms. The SMILES string of the molecule is CCCCSC(NC(CC)(CC)C(=O)OCc1ccccc1)C(=O)C(C)(CC)NC. The van der Waals surface area contributed by atoms with E-state index in [0.717, 1.165) is 24.2 Å². The van der Waals surface area contributed by atoms with Gasteiger partial charge in [-0.05, 0) is 51.0 Å². The number of hydrogen-bond acceptors (Lipinski definition) is 6. The lowest BCUT2D eigenvalue weighted by atomic mass is 9.89. The Bertz CT molecular complexity index is 643. The van der Waals surface area contributed by atoms with E-state index in [2.05, 4.69) is 17.6 Å². The largest absolute Gasteiger partial charge is 0.459 e. The molecule has 0 radical (unpaired) electrons. The minimum atomic E-state index is -0.892. The number of unbranched alkanes of at least 4 members (excludes halogenated alkanes) is 1. The molecule has 0 aliphatic rings. The van der Waals surface area contributed by atoms with Crippen molar-refractivity contribution in [3.05, 3.63) is 35.9 Å². The van der Waals surface area contributed by atoms with Crippen LogP contribution < -0.4 is 10.6 Å². The summed E-state index contributed by atoms with van der Waals surface area (Å²) in [6.45, 7) is 10.2. The molecule has 0 aliphatic carbocycles. The van der Waals surface area contributed by atoms with Crippen LogP contribution in [0.1, 0.15) is 72.3 Å². The van der Waals surface area contributed by atoms with E-state index in [1.54, 1.807) is 11.8 Å². The second kappa shape index (κ2) is 13.1. The lowest BCUT2D eigenvalue weighted by Crippen LogP contribution is -2.62. The Balaban J connectivity index is 3.05. The van der Waals surface area contributed by atoms with Crippen LogP contribution in [0.5, 0.6) is 0 Å². The predicted molar refractivity (Wildman–Crippen MR) is 127 cm³/mol. The van der Waals surface area contributed by atoms with Crippen molar-refractivity contribution < 1.29 is 14.3 Å². The predicted octanol–water partition coefficient (Wildman–Crippen LogP) is 4.69. The first-order chi connectivity index (χ1) is 14.3. The minimum absolute atomic E-state index is 0.0794. The molecule has 1 rings (SSSR count). The second-order valence-electron chi connectivity index (χ2n) is 7.90. The highest BCUT2D eigenvalue weighted by molar-refractivity contribution is 8.00. The summed E-state index contributed by atoms with van der Waals surface area (Å²) in [5.74, 6) is 0.648. The molecule has 0 heterocycles. The van der Waals surface area contributed by atoms with Crippen LogP contribution in [0.3, 0.4) is 0 Å². The van der Waals surface area contributed by atoms with E-state index in [9.17, 15) is 9.59 Å². The van der Waals surface area contributed by atoms with Gasteiger partial charge in [0.25, 0.3) is 0 Å². The fourth-order valence-electron chi connectivity index (χ4n) is 3.21. The smallest absolute Gasteiger partial charge is 0.326 e. The quantitative estimate of drug-likeness (QED) is 0.236. The Morgan fingerprint density at radius 1 is 1.07 bits per heavy atom. The van der Waals surface area contributed by atoms with E-state index in [-0.39, 0.29) is 18.4 Å². The zero-order valence-corrected chi connectivity index (χ0v) is 20.4. The number of esters is 1. The number of carbonyl (C=O) groups is 2. The van der Waals surface area contributed by atoms with Gasteiger partial charge in [0, 0.05) is 0 Å². The van der Waals surface area contributed by atoms with Gasteiger partial charge >= 0.3 is 5.97 Å². The van der Waals surface area contributed by atoms with E-state index in [0.29, 0.717) is 19.3 Å². The number of likely N-dealkylation sites (N-methyl/N-ethyl adjacent to an activating group) is 1. The summed E-state index contributed by atoms with van der Waals surface area (Å²) >= 11 is 1.59. The first kappa shape index (κ1) is 26.7. The number of Topliss-reactive ketones (excluding diaryl/α,β-unsaturated/α-hetero) is 1.